The number of nitrogens with two attached hydrogens (primary N) is 1. The van der Waals surface area contributed by atoms with Gasteiger partial charge in [0.1, 0.15) is 0 Å². The highest BCUT2D eigenvalue weighted by molar-refractivity contribution is 5.22. The zero-order valence-corrected chi connectivity index (χ0v) is 12.5. The number of pyridine rings is 1. The van der Waals surface area contributed by atoms with E-state index in [4.69, 9.17) is 10.6 Å². The summed E-state index contributed by atoms with van der Waals surface area (Å²) < 4.78 is 6.17. The average Bonchev–Trinajstić information content (AvgIpc) is 2.48. The zero-order chi connectivity index (χ0) is 14.3. The number of hydrogen-bond acceptors (Lipinski definition) is 4. The van der Waals surface area contributed by atoms with Gasteiger partial charge in [0.15, 0.2) is 0 Å². The summed E-state index contributed by atoms with van der Waals surface area (Å²) in [7, 11) is 0. The van der Waals surface area contributed by atoms with E-state index < -0.39 is 0 Å². The summed E-state index contributed by atoms with van der Waals surface area (Å²) >= 11 is 0. The van der Waals surface area contributed by atoms with Gasteiger partial charge in [0.2, 0.25) is 0 Å². The molecule has 2 heterocycles. The predicted molar refractivity (Wildman–Crippen MR) is 76.4 cm³/mol. The van der Waals surface area contributed by atoms with Crippen LogP contribution in [0.1, 0.15) is 51.4 Å². The summed E-state index contributed by atoms with van der Waals surface area (Å²) in [6.45, 7) is 10.6. The monoisotopic (exact) mass is 263 g/mol. The zero-order valence-electron chi connectivity index (χ0n) is 12.5. The molecule has 1 aliphatic rings. The maximum absolute atomic E-state index is 6.17. The first-order valence-corrected chi connectivity index (χ1v) is 6.84. The van der Waals surface area contributed by atoms with Crippen LogP contribution in [0.3, 0.4) is 0 Å². The van der Waals surface area contributed by atoms with Gasteiger partial charge < -0.3 is 4.74 Å². The van der Waals surface area contributed by atoms with E-state index in [0.717, 1.165) is 12.1 Å². The highest BCUT2D eigenvalue weighted by Gasteiger charge is 2.49. The third-order valence-corrected chi connectivity index (χ3v) is 4.01. The van der Waals surface area contributed by atoms with Crippen molar-refractivity contribution in [2.45, 2.75) is 58.3 Å². The summed E-state index contributed by atoms with van der Waals surface area (Å²) in [6.07, 6.45) is 2.82. The van der Waals surface area contributed by atoms with Crippen LogP contribution >= 0.6 is 0 Å². The van der Waals surface area contributed by atoms with Crippen LogP contribution in [0.5, 0.6) is 0 Å². The van der Waals surface area contributed by atoms with Crippen molar-refractivity contribution in [1.29, 1.82) is 0 Å². The Balaban J connectivity index is 2.32. The Bertz CT molecular complexity index is 456. The van der Waals surface area contributed by atoms with Crippen molar-refractivity contribution in [1.82, 2.24) is 10.4 Å². The maximum atomic E-state index is 6.17. The third-order valence-electron chi connectivity index (χ3n) is 4.01. The quantitative estimate of drug-likeness (QED) is 0.650. The molecule has 0 amide bonds. The van der Waals surface area contributed by atoms with Gasteiger partial charge in [-0.3, -0.25) is 16.3 Å². The predicted octanol–water partition coefficient (Wildman–Crippen LogP) is 2.49. The minimum absolute atomic E-state index is 0.0819. The number of hydrazine groups is 1. The topological polar surface area (TPSA) is 60.2 Å². The number of rotatable bonds is 3. The Labute approximate surface area is 115 Å². The van der Waals surface area contributed by atoms with Gasteiger partial charge in [-0.15, -0.1) is 0 Å². The van der Waals surface area contributed by atoms with Gasteiger partial charge in [-0.2, -0.15) is 0 Å². The molecule has 19 heavy (non-hydrogen) atoms. The first kappa shape index (κ1) is 14.4. The van der Waals surface area contributed by atoms with Crippen molar-refractivity contribution in [3.05, 3.63) is 29.6 Å². The van der Waals surface area contributed by atoms with E-state index in [9.17, 15) is 0 Å². The Morgan fingerprint density at radius 3 is 2.58 bits per heavy atom. The molecule has 4 nitrogen and oxygen atoms in total. The molecule has 1 aliphatic heterocycles. The van der Waals surface area contributed by atoms with E-state index >= 15 is 0 Å². The van der Waals surface area contributed by atoms with E-state index in [2.05, 4.69) is 44.2 Å². The molecule has 0 radical (unpaired) electrons. The van der Waals surface area contributed by atoms with Gasteiger partial charge in [-0.05, 0) is 58.7 Å². The molecule has 3 N–H and O–H groups in total. The van der Waals surface area contributed by atoms with Crippen molar-refractivity contribution in [3.8, 4) is 0 Å². The standard InChI is InChI=1S/C15H25N3O/c1-10-8-11(6-7-17-10)13(18-16)12-9-14(2,3)19-15(12,4)5/h6-8,12-13,18H,9,16H2,1-5H3. The third kappa shape index (κ3) is 2.96. The van der Waals surface area contributed by atoms with Gasteiger partial charge >= 0.3 is 0 Å². The molecule has 4 heteroatoms. The molecule has 0 saturated carbocycles. The van der Waals surface area contributed by atoms with Gasteiger partial charge in [0.25, 0.3) is 0 Å². The summed E-state index contributed by atoms with van der Waals surface area (Å²) in [5.74, 6) is 6.15. The number of hydrogen-bond donors (Lipinski definition) is 2. The van der Waals surface area contributed by atoms with Crippen LogP contribution in [0.15, 0.2) is 18.3 Å². The van der Waals surface area contributed by atoms with Crippen LogP contribution in [0.4, 0.5) is 0 Å². The molecule has 2 atom stereocenters. The first-order valence-electron chi connectivity index (χ1n) is 6.84. The molecule has 0 spiro atoms. The second-order valence-corrected chi connectivity index (χ2v) is 6.65. The Kier molecular flexibility index (Phi) is 3.69. The number of aryl methyl sites for hydroxylation is 1. The number of nitrogens with one attached hydrogen (secondary N) is 1. The van der Waals surface area contributed by atoms with Crippen LogP contribution in [0.2, 0.25) is 0 Å². The molecular formula is C15H25N3O. The van der Waals surface area contributed by atoms with Crippen LogP contribution in [-0.2, 0) is 4.74 Å². The summed E-state index contributed by atoms with van der Waals surface area (Å²) in [5.41, 5.74) is 4.85. The Hall–Kier alpha value is -0.970. The van der Waals surface area contributed by atoms with E-state index in [-0.39, 0.29) is 17.2 Å². The summed E-state index contributed by atoms with van der Waals surface area (Å²) in [4.78, 5) is 4.25. The van der Waals surface area contributed by atoms with Gasteiger partial charge in [0, 0.05) is 17.8 Å². The molecule has 2 rings (SSSR count). The molecule has 1 aromatic rings. The minimum atomic E-state index is -0.197. The van der Waals surface area contributed by atoms with E-state index in [1.807, 2.05) is 19.2 Å². The van der Waals surface area contributed by atoms with Crippen molar-refractivity contribution < 1.29 is 4.74 Å². The lowest BCUT2D eigenvalue weighted by Gasteiger charge is -2.33. The molecule has 0 aromatic carbocycles. The summed E-state index contributed by atoms with van der Waals surface area (Å²) in [6, 6.07) is 4.20. The molecule has 106 valence electrons. The molecule has 1 aromatic heterocycles. The molecule has 1 saturated heterocycles. The Morgan fingerprint density at radius 1 is 1.42 bits per heavy atom. The molecular weight excluding hydrogens is 238 g/mol. The highest BCUT2D eigenvalue weighted by Crippen LogP contribution is 2.47. The van der Waals surface area contributed by atoms with Crippen LogP contribution in [0, 0.1) is 12.8 Å². The largest absolute Gasteiger partial charge is 0.369 e. The molecule has 0 aliphatic carbocycles. The first-order chi connectivity index (χ1) is 8.75. The minimum Gasteiger partial charge on any atom is -0.369 e. The molecule has 0 bridgehead atoms. The number of nitrogens with zero attached hydrogens (tertiary/aromatic N) is 1. The van der Waals surface area contributed by atoms with Crippen molar-refractivity contribution in [3.63, 3.8) is 0 Å². The number of ether oxygens (including phenoxy) is 1. The second kappa shape index (κ2) is 4.85. The normalized spacial score (nSPS) is 26.3. The van der Waals surface area contributed by atoms with E-state index in [1.54, 1.807) is 0 Å². The smallest absolute Gasteiger partial charge is 0.0681 e. The lowest BCUT2D eigenvalue weighted by atomic mass is 9.79. The van der Waals surface area contributed by atoms with Gasteiger partial charge in [-0.1, -0.05) is 0 Å². The fraction of sp³-hybridized carbons (Fsp3) is 0.667. The second-order valence-electron chi connectivity index (χ2n) is 6.65. The van der Waals surface area contributed by atoms with E-state index in [0.29, 0.717) is 5.92 Å². The van der Waals surface area contributed by atoms with Crippen molar-refractivity contribution in [2.75, 3.05) is 0 Å². The van der Waals surface area contributed by atoms with Crippen molar-refractivity contribution in [2.24, 2.45) is 11.8 Å². The average molecular weight is 263 g/mol. The highest BCUT2D eigenvalue weighted by atomic mass is 16.5. The SMILES string of the molecule is Cc1cc(C(NN)C2CC(C)(C)OC2(C)C)ccn1. The summed E-state index contributed by atoms with van der Waals surface area (Å²) in [5, 5.41) is 0. The molecule has 2 unspecified atom stereocenters. The lowest BCUT2D eigenvalue weighted by Crippen LogP contribution is -2.41. The lowest BCUT2D eigenvalue weighted by molar-refractivity contribution is -0.0779. The van der Waals surface area contributed by atoms with Crippen LogP contribution < -0.4 is 11.3 Å². The van der Waals surface area contributed by atoms with Crippen LogP contribution in [0.25, 0.3) is 0 Å². The van der Waals surface area contributed by atoms with Crippen LogP contribution in [-0.4, -0.2) is 16.2 Å². The fourth-order valence-corrected chi connectivity index (χ4v) is 3.33. The van der Waals surface area contributed by atoms with Gasteiger partial charge in [0.05, 0.1) is 17.2 Å². The Morgan fingerprint density at radius 2 is 2.11 bits per heavy atom. The maximum Gasteiger partial charge on any atom is 0.0681 e. The van der Waals surface area contributed by atoms with Gasteiger partial charge in [-0.25, -0.2) is 0 Å². The molecule has 1 fully saturated rings. The van der Waals surface area contributed by atoms with Crippen molar-refractivity contribution >= 4 is 0 Å². The fourth-order valence-electron chi connectivity index (χ4n) is 3.33. The van der Waals surface area contributed by atoms with E-state index in [1.165, 1.54) is 5.56 Å². The number of aromatic nitrogens is 1.